The molecule has 1 aromatic carbocycles. The summed E-state index contributed by atoms with van der Waals surface area (Å²) < 4.78 is 5.34. The minimum atomic E-state index is -0.0590. The second-order valence-corrected chi connectivity index (χ2v) is 7.00. The van der Waals surface area contributed by atoms with Gasteiger partial charge in [-0.1, -0.05) is 41.6 Å². The van der Waals surface area contributed by atoms with Crippen molar-refractivity contribution in [1.82, 2.24) is 15.4 Å². The summed E-state index contributed by atoms with van der Waals surface area (Å²) in [6, 6.07) is 15.8. The van der Waals surface area contributed by atoms with E-state index in [4.69, 9.17) is 4.52 Å². The molecule has 1 N–H and O–H groups in total. The average molecular weight is 355 g/mol. The molecule has 130 valence electrons. The normalized spacial score (nSPS) is 12.3. The van der Waals surface area contributed by atoms with E-state index in [-0.39, 0.29) is 18.4 Å². The predicted octanol–water partition coefficient (Wildman–Crippen LogP) is 3.36. The van der Waals surface area contributed by atoms with Gasteiger partial charge < -0.3 is 14.7 Å². The number of nitrogens with zero attached hydrogens (tertiary/aromatic N) is 2. The van der Waals surface area contributed by atoms with Crippen LogP contribution in [-0.4, -0.2) is 36.6 Å². The molecule has 0 aliphatic rings. The summed E-state index contributed by atoms with van der Waals surface area (Å²) in [5.74, 6) is 0.615. The van der Waals surface area contributed by atoms with Gasteiger partial charge in [0.15, 0.2) is 5.76 Å². The topological polar surface area (TPSA) is 58.4 Å². The van der Waals surface area contributed by atoms with Gasteiger partial charge in [0, 0.05) is 23.1 Å². The lowest BCUT2D eigenvalue weighted by Gasteiger charge is -2.23. The maximum absolute atomic E-state index is 12.2. The fraction of sp³-hybridized carbons (Fsp3) is 0.263. The van der Waals surface area contributed by atoms with E-state index in [0.29, 0.717) is 18.0 Å². The van der Waals surface area contributed by atoms with E-state index in [0.717, 1.165) is 5.56 Å². The van der Waals surface area contributed by atoms with E-state index in [1.54, 1.807) is 11.3 Å². The van der Waals surface area contributed by atoms with Crippen molar-refractivity contribution in [1.29, 1.82) is 0 Å². The molecule has 0 saturated heterocycles. The Bertz CT molecular complexity index is 797. The number of nitrogens with one attached hydrogen (secondary N) is 1. The molecule has 6 heteroatoms. The van der Waals surface area contributed by atoms with Gasteiger partial charge in [-0.2, -0.15) is 0 Å². The Balaban J connectivity index is 1.57. The highest BCUT2D eigenvalue weighted by Gasteiger charge is 2.17. The first-order valence-corrected chi connectivity index (χ1v) is 8.99. The van der Waals surface area contributed by atoms with Crippen LogP contribution in [0.5, 0.6) is 0 Å². The standard InChI is InChI=1S/C19H21N3O2S/c1-22(2)16(18-9-6-10-25-18)13-20-19(23)12-15-11-17(24-21-15)14-7-4-3-5-8-14/h3-11,16H,12-13H2,1-2H3,(H,20,23). The number of rotatable bonds is 7. The third kappa shape index (κ3) is 4.55. The molecule has 3 rings (SSSR count). The molecule has 1 atom stereocenters. The number of benzene rings is 1. The molecule has 0 aliphatic carbocycles. The van der Waals surface area contributed by atoms with E-state index >= 15 is 0 Å². The van der Waals surface area contributed by atoms with Crippen molar-refractivity contribution in [2.24, 2.45) is 0 Å². The van der Waals surface area contributed by atoms with Crippen LogP contribution in [0.2, 0.25) is 0 Å². The largest absolute Gasteiger partial charge is 0.356 e. The molecule has 1 unspecified atom stereocenters. The third-order valence-electron chi connectivity index (χ3n) is 3.95. The summed E-state index contributed by atoms with van der Waals surface area (Å²) >= 11 is 1.70. The number of hydrogen-bond donors (Lipinski definition) is 1. The van der Waals surface area contributed by atoms with Crippen molar-refractivity contribution < 1.29 is 9.32 Å². The highest BCUT2D eigenvalue weighted by molar-refractivity contribution is 7.10. The van der Waals surface area contributed by atoms with Gasteiger partial charge in [-0.3, -0.25) is 4.79 Å². The molecule has 2 aromatic heterocycles. The number of carbonyl (C=O) groups excluding carboxylic acids is 1. The molecule has 0 aliphatic heterocycles. The Labute approximate surface area is 151 Å². The van der Waals surface area contributed by atoms with Crippen molar-refractivity contribution in [3.8, 4) is 11.3 Å². The van der Waals surface area contributed by atoms with Crippen molar-refractivity contribution in [2.45, 2.75) is 12.5 Å². The number of thiophene rings is 1. The van der Waals surface area contributed by atoms with Gasteiger partial charge in [-0.15, -0.1) is 11.3 Å². The van der Waals surface area contributed by atoms with Crippen LogP contribution in [0.25, 0.3) is 11.3 Å². The molecule has 0 radical (unpaired) electrons. The maximum Gasteiger partial charge on any atom is 0.226 e. The highest BCUT2D eigenvalue weighted by Crippen LogP contribution is 2.22. The van der Waals surface area contributed by atoms with Crippen LogP contribution >= 0.6 is 11.3 Å². The summed E-state index contributed by atoms with van der Waals surface area (Å²) in [4.78, 5) is 15.6. The Kier molecular flexibility index (Phi) is 5.63. The summed E-state index contributed by atoms with van der Waals surface area (Å²) in [7, 11) is 4.03. The lowest BCUT2D eigenvalue weighted by molar-refractivity contribution is -0.120. The zero-order valence-electron chi connectivity index (χ0n) is 14.3. The second-order valence-electron chi connectivity index (χ2n) is 6.02. The summed E-state index contributed by atoms with van der Waals surface area (Å²) in [6.45, 7) is 0.565. The number of aromatic nitrogens is 1. The average Bonchev–Trinajstić information content (AvgIpc) is 3.28. The van der Waals surface area contributed by atoms with Crippen molar-refractivity contribution in [3.63, 3.8) is 0 Å². The van der Waals surface area contributed by atoms with Crippen LogP contribution < -0.4 is 5.32 Å². The van der Waals surface area contributed by atoms with E-state index in [9.17, 15) is 4.79 Å². The van der Waals surface area contributed by atoms with Gasteiger partial charge in [0.2, 0.25) is 5.91 Å². The SMILES string of the molecule is CN(C)C(CNC(=O)Cc1cc(-c2ccccc2)on1)c1cccs1. The van der Waals surface area contributed by atoms with Gasteiger partial charge in [-0.25, -0.2) is 0 Å². The smallest absolute Gasteiger partial charge is 0.226 e. The van der Waals surface area contributed by atoms with Crippen LogP contribution in [0.15, 0.2) is 58.4 Å². The van der Waals surface area contributed by atoms with Crippen LogP contribution in [0.4, 0.5) is 0 Å². The Morgan fingerprint density at radius 2 is 2.04 bits per heavy atom. The lowest BCUT2D eigenvalue weighted by Crippen LogP contribution is -2.34. The zero-order chi connectivity index (χ0) is 17.6. The van der Waals surface area contributed by atoms with Crippen LogP contribution in [0.3, 0.4) is 0 Å². The Morgan fingerprint density at radius 1 is 1.24 bits per heavy atom. The molecule has 0 bridgehead atoms. The lowest BCUT2D eigenvalue weighted by atomic mass is 10.1. The summed E-state index contributed by atoms with van der Waals surface area (Å²) in [6.07, 6.45) is 0.209. The van der Waals surface area contributed by atoms with Crippen molar-refractivity contribution >= 4 is 17.2 Å². The Morgan fingerprint density at radius 3 is 2.72 bits per heavy atom. The molecule has 3 aromatic rings. The first-order chi connectivity index (χ1) is 12.1. The number of likely N-dealkylation sites (N-methyl/N-ethyl adjacent to an activating group) is 1. The fourth-order valence-corrected chi connectivity index (χ4v) is 3.51. The van der Waals surface area contributed by atoms with Gasteiger partial charge in [0.25, 0.3) is 0 Å². The van der Waals surface area contributed by atoms with Crippen LogP contribution in [0, 0.1) is 0 Å². The van der Waals surface area contributed by atoms with Gasteiger partial charge in [-0.05, 0) is 25.5 Å². The molecule has 0 saturated carbocycles. The number of hydrogen-bond acceptors (Lipinski definition) is 5. The highest BCUT2D eigenvalue weighted by atomic mass is 32.1. The van der Waals surface area contributed by atoms with Gasteiger partial charge in [0.05, 0.1) is 18.2 Å². The molecular formula is C19H21N3O2S. The predicted molar refractivity (Wildman–Crippen MR) is 99.4 cm³/mol. The quantitative estimate of drug-likeness (QED) is 0.706. The third-order valence-corrected chi connectivity index (χ3v) is 4.92. The maximum atomic E-state index is 12.2. The Hall–Kier alpha value is -2.44. The molecule has 0 spiro atoms. The molecule has 1 amide bonds. The van der Waals surface area contributed by atoms with E-state index in [1.807, 2.05) is 61.9 Å². The first kappa shape index (κ1) is 17.4. The fourth-order valence-electron chi connectivity index (χ4n) is 2.59. The summed E-state index contributed by atoms with van der Waals surface area (Å²) in [5, 5.41) is 9.04. The molecule has 0 fully saturated rings. The van der Waals surface area contributed by atoms with Crippen LogP contribution in [0.1, 0.15) is 16.6 Å². The molecule has 25 heavy (non-hydrogen) atoms. The monoisotopic (exact) mass is 355 g/mol. The summed E-state index contributed by atoms with van der Waals surface area (Å²) in [5.41, 5.74) is 1.58. The molecular weight excluding hydrogens is 334 g/mol. The van der Waals surface area contributed by atoms with E-state index < -0.39 is 0 Å². The van der Waals surface area contributed by atoms with Crippen LogP contribution in [-0.2, 0) is 11.2 Å². The van der Waals surface area contributed by atoms with Crippen molar-refractivity contribution in [2.75, 3.05) is 20.6 Å². The van der Waals surface area contributed by atoms with E-state index in [2.05, 4.69) is 21.4 Å². The first-order valence-electron chi connectivity index (χ1n) is 8.11. The molecule has 5 nitrogen and oxygen atoms in total. The molecule has 2 heterocycles. The van der Waals surface area contributed by atoms with Crippen molar-refractivity contribution in [3.05, 3.63) is 64.5 Å². The number of amides is 1. The van der Waals surface area contributed by atoms with Gasteiger partial charge in [0.1, 0.15) is 0 Å². The van der Waals surface area contributed by atoms with E-state index in [1.165, 1.54) is 4.88 Å². The number of carbonyl (C=O) groups is 1. The minimum Gasteiger partial charge on any atom is -0.356 e. The van der Waals surface area contributed by atoms with Gasteiger partial charge >= 0.3 is 0 Å². The second kappa shape index (κ2) is 8.09. The zero-order valence-corrected chi connectivity index (χ0v) is 15.1. The minimum absolute atomic E-state index is 0.0590.